The van der Waals surface area contributed by atoms with E-state index >= 15 is 0 Å². The van der Waals surface area contributed by atoms with Crippen molar-refractivity contribution in [1.29, 1.82) is 0 Å². The molecular weight excluding hydrogens is 361 g/mol. The summed E-state index contributed by atoms with van der Waals surface area (Å²) in [7, 11) is 0. The molecule has 1 aromatic heterocycles. The van der Waals surface area contributed by atoms with Gasteiger partial charge >= 0.3 is 12.4 Å². The fraction of sp³-hybridized carbons (Fsp3) is 0.211. The Morgan fingerprint density at radius 2 is 1.85 bits per heavy atom. The van der Waals surface area contributed by atoms with Crippen LogP contribution in [0.15, 0.2) is 59.0 Å². The van der Waals surface area contributed by atoms with Crippen LogP contribution in [0.25, 0.3) is 11.0 Å². The third-order valence-electron chi connectivity index (χ3n) is 3.86. The molecule has 1 atom stereocenters. The van der Waals surface area contributed by atoms with E-state index in [0.29, 0.717) is 11.3 Å². The minimum atomic E-state index is -4.80. The number of carbonyl (C=O) groups excluding carboxylic acids is 1. The first-order valence-electron chi connectivity index (χ1n) is 8.18. The molecule has 0 aliphatic carbocycles. The maximum atomic E-state index is 12.4. The van der Waals surface area contributed by atoms with Crippen molar-refractivity contribution in [2.75, 3.05) is 0 Å². The molecular formula is C19H17F3N2O3. The summed E-state index contributed by atoms with van der Waals surface area (Å²) in [6, 6.07) is 14.0. The van der Waals surface area contributed by atoms with Crippen molar-refractivity contribution < 1.29 is 27.1 Å². The van der Waals surface area contributed by atoms with Crippen molar-refractivity contribution >= 4 is 17.0 Å². The Balaban J connectivity index is 1.60. The first-order chi connectivity index (χ1) is 12.8. The predicted molar refractivity (Wildman–Crippen MR) is 93.1 cm³/mol. The summed E-state index contributed by atoms with van der Waals surface area (Å²) in [4.78, 5) is 12.1. The van der Waals surface area contributed by atoms with Crippen LogP contribution in [0.5, 0.6) is 5.75 Å². The van der Waals surface area contributed by atoms with Crippen LogP contribution in [0.2, 0.25) is 0 Å². The van der Waals surface area contributed by atoms with Gasteiger partial charge in [0, 0.05) is 17.5 Å². The lowest BCUT2D eigenvalue weighted by Crippen LogP contribution is -2.36. The number of halogens is 3. The number of hydrogen-bond acceptors (Lipinski definition) is 3. The average Bonchev–Trinajstić information content (AvgIpc) is 3.04. The van der Waals surface area contributed by atoms with Crippen molar-refractivity contribution in [3.05, 3.63) is 65.9 Å². The second-order valence-electron chi connectivity index (χ2n) is 5.89. The van der Waals surface area contributed by atoms with Gasteiger partial charge in [0.25, 0.3) is 0 Å². The van der Waals surface area contributed by atoms with E-state index in [2.05, 4.69) is 15.4 Å². The lowest BCUT2D eigenvalue weighted by Gasteiger charge is -2.15. The molecule has 0 saturated carbocycles. The molecule has 5 nitrogen and oxygen atoms in total. The zero-order chi connectivity index (χ0) is 19.4. The smallest absolute Gasteiger partial charge is 0.459 e. The van der Waals surface area contributed by atoms with Crippen LogP contribution in [0.1, 0.15) is 24.3 Å². The molecule has 0 aliphatic heterocycles. The predicted octanol–water partition coefficient (Wildman–Crippen LogP) is 4.89. The zero-order valence-corrected chi connectivity index (χ0v) is 14.3. The summed E-state index contributed by atoms with van der Waals surface area (Å²) < 4.78 is 46.9. The van der Waals surface area contributed by atoms with Gasteiger partial charge in [-0.2, -0.15) is 0 Å². The van der Waals surface area contributed by atoms with E-state index in [9.17, 15) is 18.0 Å². The maximum Gasteiger partial charge on any atom is 0.573 e. The largest absolute Gasteiger partial charge is 0.573 e. The van der Waals surface area contributed by atoms with Gasteiger partial charge in [0.2, 0.25) is 0 Å². The van der Waals surface area contributed by atoms with Gasteiger partial charge in [-0.15, -0.1) is 13.2 Å². The fourth-order valence-corrected chi connectivity index (χ4v) is 2.58. The van der Waals surface area contributed by atoms with Crippen LogP contribution in [0, 0.1) is 0 Å². The minimum absolute atomic E-state index is 0.120. The number of fused-ring (bicyclic) bond motifs is 1. The van der Waals surface area contributed by atoms with Gasteiger partial charge < -0.3 is 19.8 Å². The monoisotopic (exact) mass is 378 g/mol. The first kappa shape index (κ1) is 18.6. The number of furan rings is 1. The molecule has 0 saturated heterocycles. The molecule has 3 rings (SSSR count). The SMILES string of the molecule is C[C@H](NC(=O)NCc1ccccc1OC(F)(F)F)c1cc2ccccc2o1. The Kier molecular flexibility index (Phi) is 5.25. The fourth-order valence-electron chi connectivity index (χ4n) is 2.58. The van der Waals surface area contributed by atoms with Gasteiger partial charge in [0.15, 0.2) is 0 Å². The number of hydrogen-bond donors (Lipinski definition) is 2. The highest BCUT2D eigenvalue weighted by atomic mass is 19.4. The van der Waals surface area contributed by atoms with E-state index < -0.39 is 18.4 Å². The van der Waals surface area contributed by atoms with Crippen LogP contribution in [-0.4, -0.2) is 12.4 Å². The van der Waals surface area contributed by atoms with E-state index in [4.69, 9.17) is 4.42 Å². The standard InChI is InChI=1S/C19H17F3N2O3/c1-12(17-10-13-6-2-4-8-15(13)26-17)24-18(25)23-11-14-7-3-5-9-16(14)27-19(20,21)22/h2-10,12H,11H2,1H3,(H2,23,24,25)/t12-/m0/s1. The maximum absolute atomic E-state index is 12.4. The van der Waals surface area contributed by atoms with E-state index in [-0.39, 0.29) is 17.9 Å². The molecule has 1 heterocycles. The topological polar surface area (TPSA) is 63.5 Å². The Hall–Kier alpha value is -3.16. The molecule has 3 aromatic rings. The highest BCUT2D eigenvalue weighted by molar-refractivity contribution is 5.78. The van der Waals surface area contributed by atoms with Gasteiger partial charge in [0.1, 0.15) is 17.1 Å². The first-order valence-corrected chi connectivity index (χ1v) is 8.18. The zero-order valence-electron chi connectivity index (χ0n) is 14.3. The lowest BCUT2D eigenvalue weighted by molar-refractivity contribution is -0.274. The summed E-state index contributed by atoms with van der Waals surface area (Å²) in [6.45, 7) is 1.63. The molecule has 0 spiro atoms. The van der Waals surface area contributed by atoms with E-state index in [1.54, 1.807) is 13.0 Å². The number of rotatable bonds is 5. The van der Waals surface area contributed by atoms with Crippen molar-refractivity contribution in [1.82, 2.24) is 10.6 Å². The molecule has 0 fully saturated rings. The van der Waals surface area contributed by atoms with Gasteiger partial charge in [-0.25, -0.2) is 4.79 Å². The van der Waals surface area contributed by atoms with Gasteiger partial charge in [-0.05, 0) is 25.1 Å². The van der Waals surface area contributed by atoms with Crippen molar-refractivity contribution in [3.63, 3.8) is 0 Å². The highest BCUT2D eigenvalue weighted by Gasteiger charge is 2.32. The third-order valence-corrected chi connectivity index (χ3v) is 3.86. The Morgan fingerprint density at radius 3 is 2.59 bits per heavy atom. The molecule has 8 heteroatoms. The number of alkyl halides is 3. The summed E-state index contributed by atoms with van der Waals surface area (Å²) in [5, 5.41) is 6.13. The highest BCUT2D eigenvalue weighted by Crippen LogP contribution is 2.26. The second kappa shape index (κ2) is 7.61. The van der Waals surface area contributed by atoms with Gasteiger partial charge in [0.05, 0.1) is 6.04 Å². The third kappa shape index (κ3) is 4.93. The second-order valence-corrected chi connectivity index (χ2v) is 5.89. The van der Waals surface area contributed by atoms with Gasteiger partial charge in [-0.3, -0.25) is 0 Å². The number of carbonyl (C=O) groups is 1. The summed E-state index contributed by atoms with van der Waals surface area (Å²) in [5.74, 6) is 0.225. The van der Waals surface area contributed by atoms with E-state index in [1.807, 2.05) is 30.3 Å². The molecule has 2 amide bonds. The quantitative estimate of drug-likeness (QED) is 0.664. The number of amides is 2. The van der Waals surface area contributed by atoms with Crippen molar-refractivity contribution in [2.45, 2.75) is 25.9 Å². The van der Waals surface area contributed by atoms with Gasteiger partial charge in [-0.1, -0.05) is 36.4 Å². The van der Waals surface area contributed by atoms with Crippen LogP contribution in [0.4, 0.5) is 18.0 Å². The Morgan fingerprint density at radius 1 is 1.15 bits per heavy atom. The number of benzene rings is 2. The van der Waals surface area contributed by atoms with Crippen LogP contribution in [-0.2, 0) is 6.54 Å². The lowest BCUT2D eigenvalue weighted by atomic mass is 10.2. The number of nitrogens with one attached hydrogen (secondary N) is 2. The normalized spacial score (nSPS) is 12.6. The molecule has 0 radical (unpaired) electrons. The molecule has 0 unspecified atom stereocenters. The summed E-state index contributed by atoms with van der Waals surface area (Å²) >= 11 is 0. The van der Waals surface area contributed by atoms with Crippen molar-refractivity contribution in [2.24, 2.45) is 0 Å². The van der Waals surface area contributed by atoms with E-state index in [0.717, 1.165) is 5.39 Å². The Labute approximate surface area is 153 Å². The minimum Gasteiger partial charge on any atom is -0.459 e. The van der Waals surface area contributed by atoms with Crippen molar-refractivity contribution in [3.8, 4) is 5.75 Å². The molecule has 27 heavy (non-hydrogen) atoms. The van der Waals surface area contributed by atoms with Crippen LogP contribution in [0.3, 0.4) is 0 Å². The molecule has 142 valence electrons. The average molecular weight is 378 g/mol. The van der Waals surface area contributed by atoms with Crippen LogP contribution >= 0.6 is 0 Å². The molecule has 2 N–H and O–H groups in total. The number of ether oxygens (including phenoxy) is 1. The Bertz CT molecular complexity index is 904. The molecule has 2 aromatic carbocycles. The summed E-state index contributed by atoms with van der Waals surface area (Å²) in [5.41, 5.74) is 0.918. The van der Waals surface area contributed by atoms with E-state index in [1.165, 1.54) is 18.2 Å². The number of urea groups is 1. The number of para-hydroxylation sites is 2. The summed E-state index contributed by atoms with van der Waals surface area (Å²) in [6.07, 6.45) is -4.80. The molecule has 0 bridgehead atoms. The molecule has 0 aliphatic rings. The van der Waals surface area contributed by atoms with Crippen LogP contribution < -0.4 is 15.4 Å².